The van der Waals surface area contributed by atoms with Gasteiger partial charge in [0, 0.05) is 22.1 Å². The third-order valence-electron chi connectivity index (χ3n) is 3.61. The Bertz CT molecular complexity index is 862. The summed E-state index contributed by atoms with van der Waals surface area (Å²) < 4.78 is 7.12. The third-order valence-corrected chi connectivity index (χ3v) is 4.66. The van der Waals surface area contributed by atoms with E-state index in [1.165, 1.54) is 0 Å². The molecule has 0 radical (unpaired) electrons. The Kier molecular flexibility index (Phi) is 8.01. The number of carbonyl (C=O) groups is 3. The molecular weight excluding hydrogens is 494 g/mol. The third kappa shape index (κ3) is 6.35. The lowest BCUT2D eigenvalue weighted by molar-refractivity contribution is -0.123. The Morgan fingerprint density at radius 3 is 2.29 bits per heavy atom. The molecule has 2 rings (SSSR count). The van der Waals surface area contributed by atoms with E-state index in [9.17, 15) is 14.4 Å². The van der Waals surface area contributed by atoms with Crippen LogP contribution in [0.15, 0.2) is 45.3 Å². The summed E-state index contributed by atoms with van der Waals surface area (Å²) in [4.78, 5) is 35.4. The monoisotopic (exact) mass is 511 g/mol. The van der Waals surface area contributed by atoms with Crippen molar-refractivity contribution in [2.45, 2.75) is 20.3 Å². The minimum absolute atomic E-state index is 0.114. The lowest BCUT2D eigenvalue weighted by atomic mass is 10.2. The molecular formula is C19H19Br2N3O4. The van der Waals surface area contributed by atoms with Gasteiger partial charge >= 0.3 is 0 Å². The molecule has 9 heteroatoms. The molecule has 0 atom stereocenters. The van der Waals surface area contributed by atoms with Crippen LogP contribution in [0.3, 0.4) is 0 Å². The highest BCUT2D eigenvalue weighted by Gasteiger charge is 2.11. The molecule has 0 aliphatic carbocycles. The lowest BCUT2D eigenvalue weighted by Gasteiger charge is -2.12. The minimum Gasteiger partial charge on any atom is -0.482 e. The number of benzene rings is 2. The number of nitrogens with one attached hydrogen (secondary N) is 3. The first-order chi connectivity index (χ1) is 13.3. The summed E-state index contributed by atoms with van der Waals surface area (Å²) in [5, 5.41) is 2.69. The fourth-order valence-electron chi connectivity index (χ4n) is 2.20. The quantitative estimate of drug-likeness (QED) is 0.514. The highest BCUT2D eigenvalue weighted by molar-refractivity contribution is 9.11. The number of aryl methyl sites for hydroxylation is 1. The van der Waals surface area contributed by atoms with Crippen molar-refractivity contribution < 1.29 is 19.1 Å². The van der Waals surface area contributed by atoms with Crippen LogP contribution in [0, 0.1) is 6.92 Å². The Hall–Kier alpha value is -2.39. The van der Waals surface area contributed by atoms with Crippen LogP contribution in [-0.2, 0) is 9.59 Å². The zero-order valence-electron chi connectivity index (χ0n) is 15.3. The second-order valence-electron chi connectivity index (χ2n) is 5.80. The van der Waals surface area contributed by atoms with E-state index in [0.717, 1.165) is 10.0 Å². The summed E-state index contributed by atoms with van der Waals surface area (Å²) in [5.74, 6) is -0.552. The Balaban J connectivity index is 1.84. The smallest absolute Gasteiger partial charge is 0.276 e. The second-order valence-corrected chi connectivity index (χ2v) is 7.57. The van der Waals surface area contributed by atoms with Crippen molar-refractivity contribution in [3.8, 4) is 5.75 Å². The molecule has 7 nitrogen and oxygen atoms in total. The number of hydrazine groups is 1. The van der Waals surface area contributed by atoms with Gasteiger partial charge in [0.1, 0.15) is 5.75 Å². The van der Waals surface area contributed by atoms with Gasteiger partial charge < -0.3 is 10.1 Å². The first kappa shape index (κ1) is 21.9. The molecule has 2 aromatic carbocycles. The van der Waals surface area contributed by atoms with Gasteiger partial charge in [0.25, 0.3) is 11.8 Å². The number of hydrogen-bond donors (Lipinski definition) is 3. The van der Waals surface area contributed by atoms with Crippen molar-refractivity contribution in [2.24, 2.45) is 0 Å². The Morgan fingerprint density at radius 1 is 1.00 bits per heavy atom. The fraction of sp³-hybridized carbons (Fsp3) is 0.211. The van der Waals surface area contributed by atoms with Crippen molar-refractivity contribution in [1.29, 1.82) is 0 Å². The maximum absolute atomic E-state index is 12.1. The predicted molar refractivity (Wildman–Crippen MR) is 113 cm³/mol. The molecule has 0 unspecified atom stereocenters. The number of amides is 3. The summed E-state index contributed by atoms with van der Waals surface area (Å²) >= 11 is 6.76. The summed E-state index contributed by atoms with van der Waals surface area (Å²) in [6, 6.07) is 10.0. The number of hydrogen-bond acceptors (Lipinski definition) is 4. The van der Waals surface area contributed by atoms with Crippen molar-refractivity contribution in [3.63, 3.8) is 0 Å². The molecule has 3 amide bonds. The van der Waals surface area contributed by atoms with Crippen LogP contribution in [-0.4, -0.2) is 24.3 Å². The van der Waals surface area contributed by atoms with E-state index in [-0.39, 0.29) is 12.5 Å². The maximum atomic E-state index is 12.1. The van der Waals surface area contributed by atoms with Gasteiger partial charge in [0.05, 0.1) is 4.47 Å². The number of ether oxygens (including phenoxy) is 1. The molecule has 0 saturated carbocycles. The molecule has 0 aliphatic rings. The Labute approximate surface area is 179 Å². The van der Waals surface area contributed by atoms with Crippen molar-refractivity contribution in [2.75, 3.05) is 11.9 Å². The van der Waals surface area contributed by atoms with Crippen LogP contribution in [0.5, 0.6) is 5.75 Å². The summed E-state index contributed by atoms with van der Waals surface area (Å²) in [5.41, 5.74) is 6.40. The summed E-state index contributed by atoms with van der Waals surface area (Å²) in [6.45, 7) is 3.35. The lowest BCUT2D eigenvalue weighted by Crippen LogP contribution is -2.43. The Morgan fingerprint density at radius 2 is 1.68 bits per heavy atom. The molecule has 2 aromatic rings. The van der Waals surface area contributed by atoms with Crippen LogP contribution < -0.4 is 20.9 Å². The van der Waals surface area contributed by atoms with Crippen LogP contribution in [0.4, 0.5) is 5.69 Å². The van der Waals surface area contributed by atoms with Gasteiger partial charge in [-0.15, -0.1) is 0 Å². The van der Waals surface area contributed by atoms with E-state index in [1.54, 1.807) is 31.2 Å². The van der Waals surface area contributed by atoms with Gasteiger partial charge in [-0.25, -0.2) is 0 Å². The SMILES string of the molecule is CCC(=O)Nc1ccc(C(=O)NNC(=O)COc2c(C)cc(Br)cc2Br)cc1. The average Bonchev–Trinajstić information content (AvgIpc) is 2.65. The van der Waals surface area contributed by atoms with Gasteiger partial charge in [0.15, 0.2) is 6.61 Å². The van der Waals surface area contributed by atoms with Crippen LogP contribution in [0.2, 0.25) is 0 Å². The largest absolute Gasteiger partial charge is 0.482 e. The van der Waals surface area contributed by atoms with Gasteiger partial charge in [-0.1, -0.05) is 22.9 Å². The minimum atomic E-state index is -0.505. The maximum Gasteiger partial charge on any atom is 0.276 e. The van der Waals surface area contributed by atoms with Crippen molar-refractivity contribution >= 4 is 55.3 Å². The van der Waals surface area contributed by atoms with E-state index < -0.39 is 11.8 Å². The van der Waals surface area contributed by atoms with E-state index in [1.807, 2.05) is 19.1 Å². The van der Waals surface area contributed by atoms with Crippen molar-refractivity contribution in [3.05, 3.63) is 56.5 Å². The molecule has 3 N–H and O–H groups in total. The van der Waals surface area contributed by atoms with Gasteiger partial charge in [-0.2, -0.15) is 0 Å². The number of rotatable bonds is 6. The molecule has 28 heavy (non-hydrogen) atoms. The number of halogens is 2. The topological polar surface area (TPSA) is 96.5 Å². The second kappa shape index (κ2) is 10.2. The highest BCUT2D eigenvalue weighted by Crippen LogP contribution is 2.32. The van der Waals surface area contributed by atoms with E-state index in [2.05, 4.69) is 48.0 Å². The normalized spacial score (nSPS) is 10.1. The molecule has 148 valence electrons. The van der Waals surface area contributed by atoms with Crippen molar-refractivity contribution in [1.82, 2.24) is 10.9 Å². The predicted octanol–water partition coefficient (Wildman–Crippen LogP) is 3.71. The van der Waals surface area contributed by atoms with E-state index in [4.69, 9.17) is 4.74 Å². The van der Waals surface area contributed by atoms with E-state index in [0.29, 0.717) is 27.9 Å². The standard InChI is InChI=1S/C19H19Br2N3O4/c1-3-16(25)22-14-6-4-12(5-7-14)19(27)24-23-17(26)10-28-18-11(2)8-13(20)9-15(18)21/h4-9H,3,10H2,1-2H3,(H,22,25)(H,23,26)(H,24,27). The van der Waals surface area contributed by atoms with Crippen LogP contribution >= 0.6 is 31.9 Å². The molecule has 0 fully saturated rings. The molecule has 0 aromatic heterocycles. The summed E-state index contributed by atoms with van der Waals surface area (Å²) in [7, 11) is 0. The highest BCUT2D eigenvalue weighted by atomic mass is 79.9. The van der Waals surface area contributed by atoms with Gasteiger partial charge in [-0.05, 0) is 64.8 Å². The molecule has 0 bridgehead atoms. The van der Waals surface area contributed by atoms with E-state index >= 15 is 0 Å². The first-order valence-corrected chi connectivity index (χ1v) is 9.96. The zero-order valence-corrected chi connectivity index (χ0v) is 18.4. The molecule has 0 spiro atoms. The van der Waals surface area contributed by atoms with Crippen LogP contribution in [0.1, 0.15) is 29.3 Å². The van der Waals surface area contributed by atoms with Gasteiger partial charge in [0.2, 0.25) is 5.91 Å². The molecule has 0 saturated heterocycles. The molecule has 0 aliphatic heterocycles. The van der Waals surface area contributed by atoms with Gasteiger partial charge in [-0.3, -0.25) is 25.2 Å². The molecule has 0 heterocycles. The number of anilines is 1. The van der Waals surface area contributed by atoms with Crippen LogP contribution in [0.25, 0.3) is 0 Å². The summed E-state index contributed by atoms with van der Waals surface area (Å²) in [6.07, 6.45) is 0.368. The fourth-order valence-corrected chi connectivity index (χ4v) is 3.75. The first-order valence-electron chi connectivity index (χ1n) is 8.37. The number of carbonyl (C=O) groups excluding carboxylic acids is 3. The zero-order chi connectivity index (χ0) is 20.7. The average molecular weight is 513 g/mol.